The maximum atomic E-state index is 13.4. The van der Waals surface area contributed by atoms with Gasteiger partial charge in [0.2, 0.25) is 0 Å². The Kier molecular flexibility index (Phi) is 7.59. The molecule has 0 radical (unpaired) electrons. The number of carbonyl (C=O) groups is 1. The van der Waals surface area contributed by atoms with Crippen molar-refractivity contribution in [2.75, 3.05) is 19.4 Å². The number of amides is 1. The lowest BCUT2D eigenvalue weighted by Gasteiger charge is -2.32. The Morgan fingerprint density at radius 2 is 2.04 bits per heavy atom. The van der Waals surface area contributed by atoms with Gasteiger partial charge in [0.15, 0.2) is 0 Å². The number of anilines is 1. The molecule has 1 aliphatic carbocycles. The molecule has 2 rings (SSSR count). The third kappa shape index (κ3) is 6.00. The Balaban J connectivity index is 2.26. The summed E-state index contributed by atoms with van der Waals surface area (Å²) in [6, 6.07) is 4.27. The highest BCUT2D eigenvalue weighted by molar-refractivity contribution is 7.98. The van der Waals surface area contributed by atoms with Gasteiger partial charge in [-0.3, -0.25) is 9.52 Å². The van der Waals surface area contributed by atoms with Gasteiger partial charge in [0, 0.05) is 30.6 Å². The molecule has 7 heteroatoms. The van der Waals surface area contributed by atoms with Gasteiger partial charge in [-0.2, -0.15) is 0 Å². The molecule has 1 aromatic rings. The second-order valence-electron chi connectivity index (χ2n) is 8.11. The first-order valence-corrected chi connectivity index (χ1v) is 10.5. The number of nitrogens with zero attached hydrogens (tertiary/aromatic N) is 1. The predicted octanol–water partition coefficient (Wildman–Crippen LogP) is 5.38. The van der Waals surface area contributed by atoms with Crippen LogP contribution in [0.1, 0.15) is 40.0 Å². The Bertz CT molecular complexity index is 786. The second kappa shape index (κ2) is 9.33. The van der Waals surface area contributed by atoms with Gasteiger partial charge in [-0.05, 0) is 69.4 Å². The van der Waals surface area contributed by atoms with Crippen LogP contribution in [0.2, 0.25) is 5.02 Å². The molecular formula is C21H29ClFN3OS. The molecule has 1 aliphatic rings. The minimum Gasteiger partial charge on any atom is -0.373 e. The van der Waals surface area contributed by atoms with Crippen molar-refractivity contribution in [1.29, 1.82) is 0 Å². The number of nitrogens with one attached hydrogen (secondary N) is 2. The fourth-order valence-electron chi connectivity index (χ4n) is 3.05. The van der Waals surface area contributed by atoms with Crippen molar-refractivity contribution in [2.24, 2.45) is 0 Å². The van der Waals surface area contributed by atoms with Gasteiger partial charge in [0.1, 0.15) is 11.5 Å². The molecular weight excluding hydrogens is 397 g/mol. The first-order valence-electron chi connectivity index (χ1n) is 9.29. The van der Waals surface area contributed by atoms with E-state index >= 15 is 0 Å². The smallest absolute Gasteiger partial charge is 0.272 e. The molecule has 1 fully saturated rings. The zero-order valence-corrected chi connectivity index (χ0v) is 18.7. The number of hydrogen-bond donors (Lipinski definition) is 2. The summed E-state index contributed by atoms with van der Waals surface area (Å²) < 4.78 is 17.0. The highest BCUT2D eigenvalue weighted by Crippen LogP contribution is 2.34. The maximum absolute atomic E-state index is 13.4. The van der Waals surface area contributed by atoms with Gasteiger partial charge in [-0.25, -0.2) is 4.39 Å². The van der Waals surface area contributed by atoms with Crippen LogP contribution in [-0.4, -0.2) is 35.7 Å². The van der Waals surface area contributed by atoms with Crippen LogP contribution in [0.4, 0.5) is 10.1 Å². The standard InChI is InChI=1S/C21H29ClFN3OS/c1-13-15(8-7-9-18(13)25-28-21(2,3)4)19(26(5)6)20(27)24-14-10-11-17(23)16(22)12-14/h10-12,18,25H,1,7-9H2,2-6H3,(H,24,27)/b19-15-. The lowest BCUT2D eigenvalue weighted by Crippen LogP contribution is -2.35. The molecule has 0 aromatic heterocycles. The number of rotatable bonds is 5. The molecule has 0 saturated heterocycles. The average Bonchev–Trinajstić information content (AvgIpc) is 2.58. The molecule has 2 N–H and O–H groups in total. The Hall–Kier alpha value is -1.50. The summed E-state index contributed by atoms with van der Waals surface area (Å²) in [6.45, 7) is 10.7. The van der Waals surface area contributed by atoms with E-state index in [4.69, 9.17) is 11.6 Å². The van der Waals surface area contributed by atoms with Crippen LogP contribution >= 0.6 is 23.5 Å². The average molecular weight is 426 g/mol. The lowest BCUT2D eigenvalue weighted by atomic mass is 9.85. The molecule has 1 unspecified atom stereocenters. The second-order valence-corrected chi connectivity index (χ2v) is 10.2. The highest BCUT2D eigenvalue weighted by Gasteiger charge is 2.28. The molecule has 0 bridgehead atoms. The van der Waals surface area contributed by atoms with Crippen molar-refractivity contribution in [3.63, 3.8) is 0 Å². The summed E-state index contributed by atoms with van der Waals surface area (Å²) in [6.07, 6.45) is 2.76. The van der Waals surface area contributed by atoms with Crippen molar-refractivity contribution in [2.45, 2.75) is 50.8 Å². The van der Waals surface area contributed by atoms with Gasteiger partial charge in [0.05, 0.1) is 5.02 Å². The summed E-state index contributed by atoms with van der Waals surface area (Å²) in [5.41, 5.74) is 2.92. The molecule has 0 heterocycles. The van der Waals surface area contributed by atoms with Crippen molar-refractivity contribution >= 4 is 35.1 Å². The number of carbonyl (C=O) groups excluding carboxylic acids is 1. The van der Waals surface area contributed by atoms with Crippen molar-refractivity contribution in [1.82, 2.24) is 9.62 Å². The van der Waals surface area contributed by atoms with E-state index in [0.717, 1.165) is 30.4 Å². The summed E-state index contributed by atoms with van der Waals surface area (Å²) in [5, 5.41) is 2.80. The summed E-state index contributed by atoms with van der Waals surface area (Å²) in [4.78, 5) is 14.8. The summed E-state index contributed by atoms with van der Waals surface area (Å²) in [5.74, 6) is -0.773. The van der Waals surface area contributed by atoms with E-state index < -0.39 is 5.82 Å². The molecule has 4 nitrogen and oxygen atoms in total. The van der Waals surface area contributed by atoms with Crippen LogP contribution in [0, 0.1) is 5.82 Å². The van der Waals surface area contributed by atoms with E-state index in [0.29, 0.717) is 11.4 Å². The zero-order chi connectivity index (χ0) is 21.1. The van der Waals surface area contributed by atoms with Gasteiger partial charge in [-0.15, -0.1) is 0 Å². The Labute approximate surface area is 176 Å². The molecule has 28 heavy (non-hydrogen) atoms. The topological polar surface area (TPSA) is 44.4 Å². The number of benzene rings is 1. The van der Waals surface area contributed by atoms with Crippen LogP contribution < -0.4 is 10.0 Å². The van der Waals surface area contributed by atoms with Crippen LogP contribution in [0.25, 0.3) is 0 Å². The minimum atomic E-state index is -0.517. The monoisotopic (exact) mass is 425 g/mol. The SMILES string of the molecule is C=C1/C(=C(/C(=O)Nc2ccc(F)c(Cl)c2)N(C)C)CCCC1NSC(C)(C)C. The van der Waals surface area contributed by atoms with Gasteiger partial charge in [0.25, 0.3) is 5.91 Å². The fraction of sp³-hybridized carbons (Fsp3) is 0.476. The third-order valence-corrected chi connectivity index (χ3v) is 5.67. The van der Waals surface area contributed by atoms with Gasteiger partial charge >= 0.3 is 0 Å². The first-order chi connectivity index (χ1) is 13.0. The Morgan fingerprint density at radius 1 is 1.36 bits per heavy atom. The number of likely N-dealkylation sites (N-methyl/N-ethyl adjacent to an activating group) is 1. The molecule has 1 saturated carbocycles. The van der Waals surface area contributed by atoms with E-state index in [1.54, 1.807) is 16.8 Å². The number of hydrogen-bond acceptors (Lipinski definition) is 4. The zero-order valence-electron chi connectivity index (χ0n) is 17.2. The molecule has 1 amide bonds. The first kappa shape index (κ1) is 22.8. The molecule has 1 atom stereocenters. The predicted molar refractivity (Wildman–Crippen MR) is 118 cm³/mol. The molecule has 0 spiro atoms. The lowest BCUT2D eigenvalue weighted by molar-refractivity contribution is -0.114. The van der Waals surface area contributed by atoms with E-state index in [9.17, 15) is 9.18 Å². The van der Waals surface area contributed by atoms with E-state index in [-0.39, 0.29) is 21.7 Å². The maximum Gasteiger partial charge on any atom is 0.272 e. The van der Waals surface area contributed by atoms with Gasteiger partial charge in [-0.1, -0.05) is 30.1 Å². The van der Waals surface area contributed by atoms with Crippen molar-refractivity contribution < 1.29 is 9.18 Å². The van der Waals surface area contributed by atoms with Crippen LogP contribution in [0.5, 0.6) is 0 Å². The van der Waals surface area contributed by atoms with E-state index in [1.165, 1.54) is 18.2 Å². The summed E-state index contributed by atoms with van der Waals surface area (Å²) >= 11 is 7.51. The summed E-state index contributed by atoms with van der Waals surface area (Å²) in [7, 11) is 3.68. The van der Waals surface area contributed by atoms with Crippen LogP contribution in [0.3, 0.4) is 0 Å². The molecule has 1 aromatic carbocycles. The van der Waals surface area contributed by atoms with Gasteiger partial charge < -0.3 is 10.2 Å². The van der Waals surface area contributed by atoms with Crippen molar-refractivity contribution in [3.8, 4) is 0 Å². The fourth-order valence-corrected chi connectivity index (χ4v) is 3.99. The quantitative estimate of drug-likeness (QED) is 0.491. The Morgan fingerprint density at radius 3 is 2.61 bits per heavy atom. The molecule has 0 aliphatic heterocycles. The van der Waals surface area contributed by atoms with Crippen LogP contribution in [0.15, 0.2) is 41.6 Å². The molecule has 154 valence electrons. The van der Waals surface area contributed by atoms with Crippen molar-refractivity contribution in [3.05, 3.63) is 52.5 Å². The number of halogens is 2. The highest BCUT2D eigenvalue weighted by atomic mass is 35.5. The minimum absolute atomic E-state index is 0.0256. The van der Waals surface area contributed by atoms with Crippen LogP contribution in [-0.2, 0) is 4.79 Å². The van der Waals surface area contributed by atoms with E-state index in [1.807, 2.05) is 14.1 Å². The normalized spacial score (nSPS) is 19.4. The third-order valence-electron chi connectivity index (χ3n) is 4.36. The largest absolute Gasteiger partial charge is 0.373 e. The van der Waals surface area contributed by atoms with E-state index in [2.05, 4.69) is 37.4 Å².